The largest absolute Gasteiger partial charge is 0.496 e. The maximum absolute atomic E-state index is 12.4. The summed E-state index contributed by atoms with van der Waals surface area (Å²) in [6.07, 6.45) is 0. The van der Waals surface area contributed by atoms with Crippen LogP contribution in [0.5, 0.6) is 5.75 Å². The lowest BCUT2D eigenvalue weighted by atomic mass is 10.0. The molecule has 0 aliphatic rings. The summed E-state index contributed by atoms with van der Waals surface area (Å²) < 4.78 is 5.33. The van der Waals surface area contributed by atoms with Crippen molar-refractivity contribution in [1.29, 1.82) is 0 Å². The van der Waals surface area contributed by atoms with E-state index >= 15 is 0 Å². The molecule has 27 heavy (non-hydrogen) atoms. The summed E-state index contributed by atoms with van der Waals surface area (Å²) >= 11 is 1.64. The van der Waals surface area contributed by atoms with Gasteiger partial charge in [0.25, 0.3) is 0 Å². The molecule has 1 N–H and O–H groups in total. The number of nitrogens with one attached hydrogen (secondary N) is 1. The van der Waals surface area contributed by atoms with Crippen LogP contribution in [0.15, 0.2) is 84.9 Å². The Kier molecular flexibility index (Phi) is 6.94. The zero-order chi connectivity index (χ0) is 18.9. The van der Waals surface area contributed by atoms with Crippen molar-refractivity contribution in [3.63, 3.8) is 0 Å². The van der Waals surface area contributed by atoms with Crippen molar-refractivity contribution in [3.05, 3.63) is 102 Å². The third kappa shape index (κ3) is 5.38. The summed E-state index contributed by atoms with van der Waals surface area (Å²) in [6, 6.07) is 28.3. The average molecular weight is 378 g/mol. The number of thioether (sulfide) groups is 1. The third-order valence-corrected chi connectivity index (χ3v) is 5.56. The fourth-order valence-corrected chi connectivity index (χ4v) is 4.01. The lowest BCUT2D eigenvalue weighted by molar-refractivity contribution is -0.118. The van der Waals surface area contributed by atoms with E-state index in [2.05, 4.69) is 29.6 Å². The standard InChI is InChI=1S/C23H23NO2S/c1-26-21-15-9-8-14-20(21)16-24-22(25)17-27-23(18-10-4-2-5-11-18)19-12-6-3-7-13-19/h2-15,23H,16-17H2,1H3,(H,24,25). The number of carbonyl (C=O) groups excluding carboxylic acids is 1. The first-order chi connectivity index (χ1) is 13.3. The number of amides is 1. The normalized spacial score (nSPS) is 10.6. The van der Waals surface area contributed by atoms with Gasteiger partial charge in [-0.1, -0.05) is 78.9 Å². The third-order valence-electron chi connectivity index (χ3n) is 4.25. The summed E-state index contributed by atoms with van der Waals surface area (Å²) in [6.45, 7) is 0.463. The van der Waals surface area contributed by atoms with E-state index in [9.17, 15) is 4.79 Å². The van der Waals surface area contributed by atoms with E-state index in [1.807, 2.05) is 60.7 Å². The molecular weight excluding hydrogens is 354 g/mol. The van der Waals surface area contributed by atoms with Crippen LogP contribution in [0.25, 0.3) is 0 Å². The van der Waals surface area contributed by atoms with Gasteiger partial charge >= 0.3 is 0 Å². The topological polar surface area (TPSA) is 38.3 Å². The van der Waals surface area contributed by atoms with Gasteiger partial charge in [0.15, 0.2) is 0 Å². The Bertz CT molecular complexity index is 813. The van der Waals surface area contributed by atoms with Gasteiger partial charge in [-0.25, -0.2) is 0 Å². The highest BCUT2D eigenvalue weighted by Gasteiger charge is 2.16. The van der Waals surface area contributed by atoms with Gasteiger partial charge in [0.05, 0.1) is 18.1 Å². The van der Waals surface area contributed by atoms with Crippen LogP contribution < -0.4 is 10.1 Å². The molecule has 3 rings (SSSR count). The molecule has 1 amide bonds. The zero-order valence-corrected chi connectivity index (χ0v) is 16.1. The van der Waals surface area contributed by atoms with Crippen LogP contribution >= 0.6 is 11.8 Å². The highest BCUT2D eigenvalue weighted by Crippen LogP contribution is 2.35. The number of ether oxygens (including phenoxy) is 1. The summed E-state index contributed by atoms with van der Waals surface area (Å²) in [5.74, 6) is 1.20. The second-order valence-corrected chi connectivity index (χ2v) is 7.19. The predicted molar refractivity (Wildman–Crippen MR) is 112 cm³/mol. The average Bonchev–Trinajstić information content (AvgIpc) is 2.74. The molecule has 0 atom stereocenters. The van der Waals surface area contributed by atoms with Gasteiger partial charge in [-0.3, -0.25) is 4.79 Å². The second kappa shape index (κ2) is 9.83. The quantitative estimate of drug-likeness (QED) is 0.611. The molecule has 0 aliphatic carbocycles. The van der Waals surface area contributed by atoms with Gasteiger partial charge in [0, 0.05) is 12.1 Å². The van der Waals surface area contributed by atoms with E-state index in [1.54, 1.807) is 18.9 Å². The van der Waals surface area contributed by atoms with Crippen molar-refractivity contribution < 1.29 is 9.53 Å². The van der Waals surface area contributed by atoms with E-state index in [-0.39, 0.29) is 11.2 Å². The van der Waals surface area contributed by atoms with Crippen LogP contribution in [0.3, 0.4) is 0 Å². The summed E-state index contributed by atoms with van der Waals surface area (Å²) in [4.78, 5) is 12.4. The van der Waals surface area contributed by atoms with E-state index in [0.29, 0.717) is 12.3 Å². The number of hydrogen-bond donors (Lipinski definition) is 1. The van der Waals surface area contributed by atoms with Crippen molar-refractivity contribution in [2.45, 2.75) is 11.8 Å². The fraction of sp³-hybridized carbons (Fsp3) is 0.174. The monoisotopic (exact) mass is 377 g/mol. The van der Waals surface area contributed by atoms with E-state index in [1.165, 1.54) is 11.1 Å². The molecule has 0 fully saturated rings. The molecule has 0 aromatic heterocycles. The Morgan fingerprint density at radius 3 is 2.04 bits per heavy atom. The summed E-state index contributed by atoms with van der Waals surface area (Å²) in [7, 11) is 1.64. The Labute approximate surface area is 164 Å². The van der Waals surface area contributed by atoms with Gasteiger partial charge in [-0.15, -0.1) is 11.8 Å². The molecule has 3 aromatic carbocycles. The van der Waals surface area contributed by atoms with Crippen molar-refractivity contribution in [2.24, 2.45) is 0 Å². The minimum absolute atomic E-state index is 0.0165. The Morgan fingerprint density at radius 1 is 0.889 bits per heavy atom. The summed E-state index contributed by atoms with van der Waals surface area (Å²) in [5, 5.41) is 3.12. The molecule has 3 aromatic rings. The number of carbonyl (C=O) groups is 1. The SMILES string of the molecule is COc1ccccc1CNC(=O)CSC(c1ccccc1)c1ccccc1. The van der Waals surface area contributed by atoms with Gasteiger partial charge in [-0.2, -0.15) is 0 Å². The number of para-hydroxylation sites is 1. The van der Waals surface area contributed by atoms with Crippen molar-refractivity contribution in [3.8, 4) is 5.75 Å². The molecule has 0 unspecified atom stereocenters. The first-order valence-electron chi connectivity index (χ1n) is 8.88. The number of rotatable bonds is 8. The Hall–Kier alpha value is -2.72. The van der Waals surface area contributed by atoms with Crippen LogP contribution in [0.2, 0.25) is 0 Å². The van der Waals surface area contributed by atoms with Gasteiger partial charge in [0.2, 0.25) is 5.91 Å². The van der Waals surface area contributed by atoms with Crippen LogP contribution in [0.1, 0.15) is 21.9 Å². The Balaban J connectivity index is 1.62. The fourth-order valence-electron chi connectivity index (χ4n) is 2.89. The minimum Gasteiger partial charge on any atom is -0.496 e. The number of methoxy groups -OCH3 is 1. The molecule has 0 saturated heterocycles. The molecule has 0 saturated carbocycles. The van der Waals surface area contributed by atoms with Crippen LogP contribution in [-0.4, -0.2) is 18.8 Å². The van der Waals surface area contributed by atoms with Gasteiger partial charge in [0.1, 0.15) is 5.75 Å². The van der Waals surface area contributed by atoms with E-state index < -0.39 is 0 Å². The van der Waals surface area contributed by atoms with Crippen molar-refractivity contribution >= 4 is 17.7 Å². The first-order valence-corrected chi connectivity index (χ1v) is 9.93. The summed E-state index contributed by atoms with van der Waals surface area (Å²) in [5.41, 5.74) is 3.37. The maximum atomic E-state index is 12.4. The van der Waals surface area contributed by atoms with Crippen LogP contribution in [-0.2, 0) is 11.3 Å². The lowest BCUT2D eigenvalue weighted by Crippen LogP contribution is -2.25. The number of hydrogen-bond acceptors (Lipinski definition) is 3. The first kappa shape index (κ1) is 19.1. The maximum Gasteiger partial charge on any atom is 0.230 e. The lowest BCUT2D eigenvalue weighted by Gasteiger charge is -2.17. The van der Waals surface area contributed by atoms with Gasteiger partial charge < -0.3 is 10.1 Å². The van der Waals surface area contributed by atoms with E-state index in [4.69, 9.17) is 4.74 Å². The molecular formula is C23H23NO2S. The molecule has 138 valence electrons. The molecule has 4 heteroatoms. The van der Waals surface area contributed by atoms with Crippen LogP contribution in [0.4, 0.5) is 0 Å². The molecule has 0 radical (unpaired) electrons. The number of benzene rings is 3. The second-order valence-electron chi connectivity index (χ2n) is 6.10. The van der Waals surface area contributed by atoms with Crippen molar-refractivity contribution in [1.82, 2.24) is 5.32 Å². The smallest absolute Gasteiger partial charge is 0.230 e. The molecule has 0 heterocycles. The highest BCUT2D eigenvalue weighted by molar-refractivity contribution is 8.00. The molecule has 0 spiro atoms. The molecule has 0 bridgehead atoms. The Morgan fingerprint density at radius 2 is 1.44 bits per heavy atom. The van der Waals surface area contributed by atoms with Gasteiger partial charge in [-0.05, 0) is 17.2 Å². The zero-order valence-electron chi connectivity index (χ0n) is 15.3. The molecule has 3 nitrogen and oxygen atoms in total. The van der Waals surface area contributed by atoms with E-state index in [0.717, 1.165) is 11.3 Å². The molecule has 0 aliphatic heterocycles. The predicted octanol–water partition coefficient (Wildman–Crippen LogP) is 4.83. The highest BCUT2D eigenvalue weighted by atomic mass is 32.2. The van der Waals surface area contributed by atoms with Crippen molar-refractivity contribution in [2.75, 3.05) is 12.9 Å². The van der Waals surface area contributed by atoms with Crippen LogP contribution in [0, 0.1) is 0 Å². The minimum atomic E-state index is 0.0165.